The summed E-state index contributed by atoms with van der Waals surface area (Å²) in [6.45, 7) is 3.71. The van der Waals surface area contributed by atoms with Gasteiger partial charge in [0.2, 0.25) is 5.91 Å². The SMILES string of the molecule is COc1ccc(NC(=O)CC2CCN(c3ccnc(OC)n3)CC2)c(C)c1. The van der Waals surface area contributed by atoms with Crippen LogP contribution in [0.3, 0.4) is 0 Å². The second-order valence-corrected chi connectivity index (χ2v) is 6.77. The molecule has 2 heterocycles. The number of ether oxygens (including phenoxy) is 2. The Kier molecular flexibility index (Phi) is 6.11. The molecule has 1 aromatic carbocycles. The molecule has 0 radical (unpaired) electrons. The van der Waals surface area contributed by atoms with Crippen LogP contribution >= 0.6 is 0 Å². The van der Waals surface area contributed by atoms with E-state index in [0.29, 0.717) is 18.3 Å². The highest BCUT2D eigenvalue weighted by molar-refractivity contribution is 5.91. The van der Waals surface area contributed by atoms with Crippen LogP contribution in [-0.2, 0) is 4.79 Å². The summed E-state index contributed by atoms with van der Waals surface area (Å²) in [5.41, 5.74) is 1.83. The third-order valence-corrected chi connectivity index (χ3v) is 4.92. The second-order valence-electron chi connectivity index (χ2n) is 6.77. The van der Waals surface area contributed by atoms with E-state index in [1.54, 1.807) is 20.4 Å². The maximum atomic E-state index is 12.4. The van der Waals surface area contributed by atoms with Crippen LogP contribution in [0.1, 0.15) is 24.8 Å². The number of carbonyl (C=O) groups is 1. The van der Waals surface area contributed by atoms with Gasteiger partial charge in [0.15, 0.2) is 0 Å². The number of aromatic nitrogens is 2. The first kappa shape index (κ1) is 18.9. The molecule has 2 aromatic rings. The highest BCUT2D eigenvalue weighted by atomic mass is 16.5. The van der Waals surface area contributed by atoms with Gasteiger partial charge in [0.05, 0.1) is 14.2 Å². The molecule has 1 amide bonds. The predicted octanol–water partition coefficient (Wildman–Crippen LogP) is 3.05. The quantitative estimate of drug-likeness (QED) is 0.842. The number of nitrogens with zero attached hydrogens (tertiary/aromatic N) is 3. The van der Waals surface area contributed by atoms with E-state index >= 15 is 0 Å². The van der Waals surface area contributed by atoms with Gasteiger partial charge in [0.25, 0.3) is 0 Å². The number of amides is 1. The van der Waals surface area contributed by atoms with Crippen LogP contribution in [-0.4, -0.2) is 43.2 Å². The lowest BCUT2D eigenvalue weighted by atomic mass is 9.93. The van der Waals surface area contributed by atoms with Crippen molar-refractivity contribution in [3.05, 3.63) is 36.0 Å². The molecule has 0 aliphatic carbocycles. The number of benzene rings is 1. The Morgan fingerprint density at radius 2 is 2.00 bits per heavy atom. The first-order valence-electron chi connectivity index (χ1n) is 9.15. The summed E-state index contributed by atoms with van der Waals surface area (Å²) in [4.78, 5) is 23.1. The van der Waals surface area contributed by atoms with E-state index in [9.17, 15) is 4.79 Å². The predicted molar refractivity (Wildman–Crippen MR) is 104 cm³/mol. The van der Waals surface area contributed by atoms with E-state index in [4.69, 9.17) is 9.47 Å². The summed E-state index contributed by atoms with van der Waals surface area (Å²) >= 11 is 0. The summed E-state index contributed by atoms with van der Waals surface area (Å²) in [5, 5.41) is 3.02. The molecule has 1 fully saturated rings. The number of hydrogen-bond donors (Lipinski definition) is 1. The summed E-state index contributed by atoms with van der Waals surface area (Å²) in [5.74, 6) is 2.10. The normalized spacial score (nSPS) is 14.7. The summed E-state index contributed by atoms with van der Waals surface area (Å²) in [6.07, 6.45) is 4.16. The van der Waals surface area contributed by atoms with Crippen LogP contribution in [0.25, 0.3) is 0 Å². The minimum atomic E-state index is 0.0606. The largest absolute Gasteiger partial charge is 0.497 e. The smallest absolute Gasteiger partial charge is 0.318 e. The Labute approximate surface area is 159 Å². The van der Waals surface area contributed by atoms with Crippen LogP contribution in [0.5, 0.6) is 11.8 Å². The highest BCUT2D eigenvalue weighted by Crippen LogP contribution is 2.26. The van der Waals surface area contributed by atoms with Crippen molar-refractivity contribution < 1.29 is 14.3 Å². The zero-order valence-corrected chi connectivity index (χ0v) is 16.1. The van der Waals surface area contributed by atoms with Crippen molar-refractivity contribution in [1.29, 1.82) is 0 Å². The molecule has 0 spiro atoms. The summed E-state index contributed by atoms with van der Waals surface area (Å²) in [6, 6.07) is 7.93. The van der Waals surface area contributed by atoms with E-state index in [2.05, 4.69) is 20.2 Å². The fraction of sp³-hybridized carbons (Fsp3) is 0.450. The van der Waals surface area contributed by atoms with E-state index in [1.165, 1.54) is 0 Å². The van der Waals surface area contributed by atoms with Gasteiger partial charge in [-0.3, -0.25) is 4.79 Å². The molecule has 0 saturated carbocycles. The zero-order chi connectivity index (χ0) is 19.2. The van der Waals surface area contributed by atoms with E-state index in [1.807, 2.05) is 31.2 Å². The number of carbonyl (C=O) groups excluding carboxylic acids is 1. The van der Waals surface area contributed by atoms with Gasteiger partial charge in [-0.05, 0) is 55.5 Å². The second kappa shape index (κ2) is 8.70. The molecule has 27 heavy (non-hydrogen) atoms. The van der Waals surface area contributed by atoms with Gasteiger partial charge in [-0.2, -0.15) is 4.98 Å². The Bertz CT molecular complexity index is 789. The first-order valence-corrected chi connectivity index (χ1v) is 9.15. The molecule has 1 N–H and O–H groups in total. The minimum absolute atomic E-state index is 0.0606. The molecule has 7 heteroatoms. The number of methoxy groups -OCH3 is 2. The average Bonchev–Trinajstić information content (AvgIpc) is 2.70. The average molecular weight is 370 g/mol. The molecule has 0 bridgehead atoms. The topological polar surface area (TPSA) is 76.6 Å². The Morgan fingerprint density at radius 1 is 1.22 bits per heavy atom. The lowest BCUT2D eigenvalue weighted by molar-refractivity contribution is -0.117. The molecule has 1 aromatic heterocycles. The van der Waals surface area contributed by atoms with Gasteiger partial charge < -0.3 is 19.7 Å². The van der Waals surface area contributed by atoms with Gasteiger partial charge in [-0.1, -0.05) is 0 Å². The van der Waals surface area contributed by atoms with Gasteiger partial charge in [0, 0.05) is 31.4 Å². The van der Waals surface area contributed by atoms with Gasteiger partial charge in [-0.15, -0.1) is 0 Å². The number of rotatable bonds is 6. The van der Waals surface area contributed by atoms with Crippen LogP contribution in [0, 0.1) is 12.8 Å². The minimum Gasteiger partial charge on any atom is -0.497 e. The maximum Gasteiger partial charge on any atom is 0.318 e. The summed E-state index contributed by atoms with van der Waals surface area (Å²) < 4.78 is 10.3. The van der Waals surface area contributed by atoms with Crippen molar-refractivity contribution in [2.24, 2.45) is 5.92 Å². The third-order valence-electron chi connectivity index (χ3n) is 4.92. The number of nitrogens with one attached hydrogen (secondary N) is 1. The zero-order valence-electron chi connectivity index (χ0n) is 16.1. The monoisotopic (exact) mass is 370 g/mol. The van der Waals surface area contributed by atoms with E-state index in [0.717, 1.165) is 48.7 Å². The summed E-state index contributed by atoms with van der Waals surface area (Å²) in [7, 11) is 3.20. The molecular weight excluding hydrogens is 344 g/mol. The third kappa shape index (κ3) is 4.87. The van der Waals surface area contributed by atoms with Crippen molar-refractivity contribution in [3.63, 3.8) is 0 Å². The number of hydrogen-bond acceptors (Lipinski definition) is 6. The Balaban J connectivity index is 1.50. The fourth-order valence-corrected chi connectivity index (χ4v) is 3.34. The maximum absolute atomic E-state index is 12.4. The Morgan fingerprint density at radius 3 is 2.67 bits per heavy atom. The van der Waals surface area contributed by atoms with Crippen molar-refractivity contribution in [2.75, 3.05) is 37.5 Å². The molecule has 3 rings (SSSR count). The van der Waals surface area contributed by atoms with Crippen molar-refractivity contribution in [3.8, 4) is 11.8 Å². The molecule has 0 unspecified atom stereocenters. The molecule has 144 valence electrons. The van der Waals surface area contributed by atoms with Crippen molar-refractivity contribution in [2.45, 2.75) is 26.2 Å². The van der Waals surface area contributed by atoms with Crippen LogP contribution in [0.15, 0.2) is 30.5 Å². The number of piperidine rings is 1. The van der Waals surface area contributed by atoms with Crippen LogP contribution < -0.4 is 19.7 Å². The highest BCUT2D eigenvalue weighted by Gasteiger charge is 2.23. The van der Waals surface area contributed by atoms with Crippen LogP contribution in [0.4, 0.5) is 11.5 Å². The number of anilines is 2. The molecule has 0 atom stereocenters. The molecule has 1 aliphatic heterocycles. The number of aryl methyl sites for hydroxylation is 1. The molecule has 7 nitrogen and oxygen atoms in total. The van der Waals surface area contributed by atoms with E-state index < -0.39 is 0 Å². The van der Waals surface area contributed by atoms with Gasteiger partial charge in [-0.25, -0.2) is 4.98 Å². The lowest BCUT2D eigenvalue weighted by Crippen LogP contribution is -2.35. The molecular formula is C20H26N4O3. The standard InChI is InChI=1S/C20H26N4O3/c1-14-12-16(26-2)4-5-17(14)22-19(25)13-15-7-10-24(11-8-15)18-6-9-21-20(23-18)27-3/h4-6,9,12,15H,7-8,10-11,13H2,1-3H3,(H,22,25). The van der Waals surface area contributed by atoms with Crippen molar-refractivity contribution in [1.82, 2.24) is 9.97 Å². The lowest BCUT2D eigenvalue weighted by Gasteiger charge is -2.32. The van der Waals surface area contributed by atoms with Crippen LogP contribution in [0.2, 0.25) is 0 Å². The molecule has 1 aliphatic rings. The Hall–Kier alpha value is -2.83. The first-order chi connectivity index (χ1) is 13.1. The van der Waals surface area contributed by atoms with Gasteiger partial charge in [0.1, 0.15) is 11.6 Å². The molecule has 1 saturated heterocycles. The van der Waals surface area contributed by atoms with Gasteiger partial charge >= 0.3 is 6.01 Å². The van der Waals surface area contributed by atoms with Crippen molar-refractivity contribution >= 4 is 17.4 Å². The fourth-order valence-electron chi connectivity index (χ4n) is 3.34. The van der Waals surface area contributed by atoms with E-state index in [-0.39, 0.29) is 5.91 Å².